The number of aromatic nitrogens is 2. The van der Waals surface area contributed by atoms with E-state index in [1.165, 1.54) is 25.7 Å². The van der Waals surface area contributed by atoms with Gasteiger partial charge >= 0.3 is 0 Å². The Morgan fingerprint density at radius 1 is 1.35 bits per heavy atom. The Kier molecular flexibility index (Phi) is 3.82. The van der Waals surface area contributed by atoms with E-state index in [0.717, 1.165) is 18.2 Å². The molecule has 94 valence electrons. The van der Waals surface area contributed by atoms with Crippen molar-refractivity contribution in [2.45, 2.75) is 38.6 Å². The molecule has 1 aromatic rings. The van der Waals surface area contributed by atoms with E-state index >= 15 is 0 Å². The Balaban J connectivity index is 2.22. The Hall–Kier alpha value is -1.32. The van der Waals surface area contributed by atoms with Crippen molar-refractivity contribution < 1.29 is 0 Å². The minimum atomic E-state index is 0.647. The molecule has 2 rings (SSSR count). The van der Waals surface area contributed by atoms with Gasteiger partial charge in [-0.05, 0) is 25.7 Å². The number of hydrogen-bond acceptors (Lipinski definition) is 4. The second kappa shape index (κ2) is 5.34. The van der Waals surface area contributed by atoms with Gasteiger partial charge in [0.1, 0.15) is 18.0 Å². The molecule has 1 fully saturated rings. The van der Waals surface area contributed by atoms with Gasteiger partial charge in [0.2, 0.25) is 0 Å². The number of rotatable bonds is 3. The van der Waals surface area contributed by atoms with Gasteiger partial charge in [-0.25, -0.2) is 9.97 Å². The van der Waals surface area contributed by atoms with Gasteiger partial charge in [-0.15, -0.1) is 0 Å². The molecule has 2 heterocycles. The number of anilines is 2. The first-order chi connectivity index (χ1) is 8.22. The average Bonchev–Trinajstić information content (AvgIpc) is 2.39. The van der Waals surface area contributed by atoms with Crippen molar-refractivity contribution in [2.75, 3.05) is 30.4 Å². The highest BCUT2D eigenvalue weighted by molar-refractivity contribution is 5.50. The Morgan fingerprint density at radius 3 is 2.88 bits per heavy atom. The molecule has 17 heavy (non-hydrogen) atoms. The highest BCUT2D eigenvalue weighted by atomic mass is 15.2. The molecule has 0 bridgehead atoms. The molecular formula is C13H22N4. The SMILES string of the molecule is CCC1CCCCN1c1cc(N(C)C)ncn1. The van der Waals surface area contributed by atoms with E-state index in [4.69, 9.17) is 0 Å². The van der Waals surface area contributed by atoms with Crippen LogP contribution in [0.15, 0.2) is 12.4 Å². The summed E-state index contributed by atoms with van der Waals surface area (Å²) in [4.78, 5) is 13.2. The van der Waals surface area contributed by atoms with Gasteiger partial charge in [0.15, 0.2) is 0 Å². The van der Waals surface area contributed by atoms with E-state index in [0.29, 0.717) is 6.04 Å². The molecule has 1 atom stereocenters. The monoisotopic (exact) mass is 234 g/mol. The number of hydrogen-bond donors (Lipinski definition) is 0. The van der Waals surface area contributed by atoms with Crippen molar-refractivity contribution in [3.8, 4) is 0 Å². The van der Waals surface area contributed by atoms with Gasteiger partial charge in [0.25, 0.3) is 0 Å². The van der Waals surface area contributed by atoms with Crippen molar-refractivity contribution in [3.05, 3.63) is 12.4 Å². The first-order valence-electron chi connectivity index (χ1n) is 6.48. The van der Waals surface area contributed by atoms with Gasteiger partial charge < -0.3 is 9.80 Å². The molecule has 0 saturated carbocycles. The number of nitrogens with zero attached hydrogens (tertiary/aromatic N) is 4. The lowest BCUT2D eigenvalue weighted by molar-refractivity contribution is 0.446. The van der Waals surface area contributed by atoms with Crippen molar-refractivity contribution in [1.82, 2.24) is 9.97 Å². The van der Waals surface area contributed by atoms with Gasteiger partial charge in [0.05, 0.1) is 0 Å². The summed E-state index contributed by atoms with van der Waals surface area (Å²) in [5.74, 6) is 2.06. The van der Waals surface area contributed by atoms with Gasteiger partial charge in [0, 0.05) is 32.7 Å². The highest BCUT2D eigenvalue weighted by Gasteiger charge is 2.22. The summed E-state index contributed by atoms with van der Waals surface area (Å²) in [6.45, 7) is 3.39. The lowest BCUT2D eigenvalue weighted by Gasteiger charge is -2.36. The van der Waals surface area contributed by atoms with Gasteiger partial charge in [-0.1, -0.05) is 6.92 Å². The normalized spacial score (nSPS) is 20.4. The molecular weight excluding hydrogens is 212 g/mol. The van der Waals surface area contributed by atoms with Crippen LogP contribution in [-0.4, -0.2) is 36.6 Å². The predicted molar refractivity (Wildman–Crippen MR) is 71.6 cm³/mol. The maximum Gasteiger partial charge on any atom is 0.134 e. The third kappa shape index (κ3) is 2.68. The molecule has 4 heteroatoms. The quantitative estimate of drug-likeness (QED) is 0.803. The Morgan fingerprint density at radius 2 is 2.18 bits per heavy atom. The fourth-order valence-corrected chi connectivity index (χ4v) is 2.47. The van der Waals surface area contributed by atoms with E-state index in [-0.39, 0.29) is 0 Å². The molecule has 1 aliphatic rings. The molecule has 1 unspecified atom stereocenters. The number of piperidine rings is 1. The van der Waals surface area contributed by atoms with Gasteiger partial charge in [-0.3, -0.25) is 0 Å². The third-order valence-electron chi connectivity index (χ3n) is 3.49. The van der Waals surface area contributed by atoms with E-state index in [1.807, 2.05) is 19.0 Å². The fourth-order valence-electron chi connectivity index (χ4n) is 2.47. The summed E-state index contributed by atoms with van der Waals surface area (Å²) in [7, 11) is 4.03. The minimum Gasteiger partial charge on any atom is -0.363 e. The van der Waals surface area contributed by atoms with E-state index in [1.54, 1.807) is 6.33 Å². The zero-order chi connectivity index (χ0) is 12.3. The van der Waals surface area contributed by atoms with Crippen molar-refractivity contribution in [3.63, 3.8) is 0 Å². The summed E-state index contributed by atoms with van der Waals surface area (Å²) in [6.07, 6.45) is 6.78. The van der Waals surface area contributed by atoms with E-state index < -0.39 is 0 Å². The molecule has 0 aliphatic carbocycles. The predicted octanol–water partition coefficient (Wildman–Crippen LogP) is 2.31. The molecule has 0 radical (unpaired) electrons. The average molecular weight is 234 g/mol. The van der Waals surface area contributed by atoms with Crippen LogP contribution in [-0.2, 0) is 0 Å². The molecule has 1 aliphatic heterocycles. The first kappa shape index (κ1) is 12.1. The van der Waals surface area contributed by atoms with Crippen molar-refractivity contribution >= 4 is 11.6 Å². The zero-order valence-corrected chi connectivity index (χ0v) is 11.1. The second-order valence-electron chi connectivity index (χ2n) is 4.88. The van der Waals surface area contributed by atoms with Crippen LogP contribution >= 0.6 is 0 Å². The molecule has 0 spiro atoms. The Labute approximate surface area is 104 Å². The molecule has 1 saturated heterocycles. The maximum absolute atomic E-state index is 4.43. The van der Waals surface area contributed by atoms with Crippen LogP contribution in [0.5, 0.6) is 0 Å². The van der Waals surface area contributed by atoms with E-state index in [2.05, 4.69) is 27.9 Å². The maximum atomic E-state index is 4.43. The topological polar surface area (TPSA) is 32.3 Å². The molecule has 0 aromatic carbocycles. The van der Waals surface area contributed by atoms with Crippen molar-refractivity contribution in [2.24, 2.45) is 0 Å². The lowest BCUT2D eigenvalue weighted by Crippen LogP contribution is -2.39. The molecule has 0 N–H and O–H groups in total. The first-order valence-corrected chi connectivity index (χ1v) is 6.48. The van der Waals surface area contributed by atoms with Crippen LogP contribution in [0, 0.1) is 0 Å². The van der Waals surface area contributed by atoms with Crippen LogP contribution in [0.2, 0.25) is 0 Å². The summed E-state index contributed by atoms with van der Waals surface area (Å²) in [5.41, 5.74) is 0. The standard InChI is InChI=1S/C13H22N4/c1-4-11-7-5-6-8-17(11)13-9-12(16(2)3)14-10-15-13/h9-11H,4-8H2,1-3H3. The van der Waals surface area contributed by atoms with Crippen LogP contribution in [0.25, 0.3) is 0 Å². The zero-order valence-electron chi connectivity index (χ0n) is 11.1. The summed E-state index contributed by atoms with van der Waals surface area (Å²) in [5, 5.41) is 0. The van der Waals surface area contributed by atoms with Gasteiger partial charge in [-0.2, -0.15) is 0 Å². The lowest BCUT2D eigenvalue weighted by atomic mass is 10.0. The summed E-state index contributed by atoms with van der Waals surface area (Å²) >= 11 is 0. The highest BCUT2D eigenvalue weighted by Crippen LogP contribution is 2.26. The molecule has 1 aromatic heterocycles. The third-order valence-corrected chi connectivity index (χ3v) is 3.49. The van der Waals surface area contributed by atoms with Crippen LogP contribution < -0.4 is 9.80 Å². The largest absolute Gasteiger partial charge is 0.363 e. The van der Waals surface area contributed by atoms with Crippen LogP contribution in [0.4, 0.5) is 11.6 Å². The minimum absolute atomic E-state index is 0.647. The van der Waals surface area contributed by atoms with Crippen LogP contribution in [0.3, 0.4) is 0 Å². The molecule has 0 amide bonds. The summed E-state index contributed by atoms with van der Waals surface area (Å²) in [6, 6.07) is 2.74. The summed E-state index contributed by atoms with van der Waals surface area (Å²) < 4.78 is 0. The smallest absolute Gasteiger partial charge is 0.134 e. The molecule has 4 nitrogen and oxygen atoms in total. The van der Waals surface area contributed by atoms with Crippen LogP contribution in [0.1, 0.15) is 32.6 Å². The second-order valence-corrected chi connectivity index (χ2v) is 4.88. The van der Waals surface area contributed by atoms with Crippen molar-refractivity contribution in [1.29, 1.82) is 0 Å². The van der Waals surface area contributed by atoms with E-state index in [9.17, 15) is 0 Å². The fraction of sp³-hybridized carbons (Fsp3) is 0.692. The Bertz CT molecular complexity index is 364.